The Labute approximate surface area is 117 Å². The number of para-hydroxylation sites is 1. The van der Waals surface area contributed by atoms with Crippen LogP contribution >= 0.6 is 0 Å². The molecular weight excluding hydrogens is 259 g/mol. The zero-order valence-electron chi connectivity index (χ0n) is 11.7. The molecule has 0 aliphatic rings. The zero-order chi connectivity index (χ0) is 14.7. The third-order valence-corrected chi connectivity index (χ3v) is 3.25. The third-order valence-electron chi connectivity index (χ3n) is 3.25. The van der Waals surface area contributed by atoms with E-state index in [9.17, 15) is 9.50 Å². The van der Waals surface area contributed by atoms with Crippen molar-refractivity contribution < 1.29 is 19.0 Å². The molecule has 0 saturated carbocycles. The summed E-state index contributed by atoms with van der Waals surface area (Å²) in [7, 11) is 3.06. The van der Waals surface area contributed by atoms with E-state index in [-0.39, 0.29) is 5.82 Å². The van der Waals surface area contributed by atoms with Crippen LogP contribution in [-0.4, -0.2) is 19.3 Å². The summed E-state index contributed by atoms with van der Waals surface area (Å²) < 4.78 is 23.7. The topological polar surface area (TPSA) is 38.7 Å². The number of ether oxygens (including phenoxy) is 2. The predicted octanol–water partition coefficient (Wildman–Crippen LogP) is 3.23. The average Bonchev–Trinajstić information content (AvgIpc) is 2.45. The zero-order valence-corrected chi connectivity index (χ0v) is 11.7. The number of hydrogen-bond acceptors (Lipinski definition) is 3. The summed E-state index contributed by atoms with van der Waals surface area (Å²) in [5.74, 6) is 0.700. The Morgan fingerprint density at radius 1 is 1.05 bits per heavy atom. The summed E-state index contributed by atoms with van der Waals surface area (Å²) in [6.07, 6.45) is -0.902. The van der Waals surface area contributed by atoms with Gasteiger partial charge < -0.3 is 14.6 Å². The summed E-state index contributed by atoms with van der Waals surface area (Å²) >= 11 is 0. The number of methoxy groups -OCH3 is 2. The fraction of sp³-hybridized carbons (Fsp3) is 0.250. The van der Waals surface area contributed by atoms with Crippen LogP contribution in [0, 0.1) is 12.7 Å². The van der Waals surface area contributed by atoms with Crippen LogP contribution in [0.1, 0.15) is 22.8 Å². The Morgan fingerprint density at radius 2 is 1.80 bits per heavy atom. The molecule has 0 amide bonds. The molecule has 2 aromatic rings. The highest BCUT2D eigenvalue weighted by atomic mass is 19.1. The molecule has 2 rings (SSSR count). The highest BCUT2D eigenvalue weighted by molar-refractivity contribution is 5.50. The van der Waals surface area contributed by atoms with Crippen molar-refractivity contribution in [2.45, 2.75) is 13.0 Å². The van der Waals surface area contributed by atoms with E-state index in [0.29, 0.717) is 28.2 Å². The van der Waals surface area contributed by atoms with Gasteiger partial charge in [-0.05, 0) is 36.2 Å². The number of benzene rings is 2. The lowest BCUT2D eigenvalue weighted by Gasteiger charge is -2.18. The third kappa shape index (κ3) is 2.60. The maximum Gasteiger partial charge on any atom is 0.166 e. The van der Waals surface area contributed by atoms with Crippen molar-refractivity contribution in [2.75, 3.05) is 14.2 Å². The first kappa shape index (κ1) is 14.3. The highest BCUT2D eigenvalue weighted by Crippen LogP contribution is 2.37. The molecular formula is C16H17FO3. The van der Waals surface area contributed by atoms with Gasteiger partial charge in [-0.2, -0.15) is 0 Å². The van der Waals surface area contributed by atoms with Gasteiger partial charge in [0.05, 0.1) is 14.2 Å². The van der Waals surface area contributed by atoms with Crippen LogP contribution in [0.2, 0.25) is 0 Å². The molecule has 0 heterocycles. The van der Waals surface area contributed by atoms with Gasteiger partial charge in [0, 0.05) is 5.56 Å². The van der Waals surface area contributed by atoms with Gasteiger partial charge in [0.25, 0.3) is 0 Å². The molecule has 1 N–H and O–H groups in total. The molecule has 0 fully saturated rings. The van der Waals surface area contributed by atoms with E-state index in [1.165, 1.54) is 26.4 Å². The van der Waals surface area contributed by atoms with E-state index in [2.05, 4.69) is 0 Å². The van der Waals surface area contributed by atoms with Gasteiger partial charge in [-0.1, -0.05) is 18.2 Å². The summed E-state index contributed by atoms with van der Waals surface area (Å²) in [5, 5.41) is 10.5. The molecule has 106 valence electrons. The summed E-state index contributed by atoms with van der Waals surface area (Å²) in [6.45, 7) is 1.76. The average molecular weight is 276 g/mol. The van der Waals surface area contributed by atoms with Gasteiger partial charge in [-0.25, -0.2) is 4.39 Å². The second-order valence-electron chi connectivity index (χ2n) is 4.49. The van der Waals surface area contributed by atoms with Gasteiger partial charge in [0.2, 0.25) is 0 Å². The number of aliphatic hydroxyl groups excluding tert-OH is 1. The van der Waals surface area contributed by atoms with Gasteiger partial charge >= 0.3 is 0 Å². The van der Waals surface area contributed by atoms with Crippen molar-refractivity contribution in [1.29, 1.82) is 0 Å². The van der Waals surface area contributed by atoms with E-state index < -0.39 is 6.10 Å². The fourth-order valence-corrected chi connectivity index (χ4v) is 2.24. The Kier molecular flexibility index (Phi) is 4.25. The standard InChI is InChI=1S/C16H17FO3/c1-10-9-11(17)7-8-12(10)15(18)13-5-4-6-14(19-2)16(13)20-3/h4-9,15,18H,1-3H3. The Balaban J connectivity index is 2.50. The van der Waals surface area contributed by atoms with Gasteiger partial charge in [0.15, 0.2) is 11.5 Å². The molecule has 2 aromatic carbocycles. The van der Waals surface area contributed by atoms with E-state index in [0.717, 1.165) is 0 Å². The summed E-state index contributed by atoms with van der Waals surface area (Å²) in [5.41, 5.74) is 1.90. The normalized spacial score (nSPS) is 12.1. The van der Waals surface area contributed by atoms with Crippen LogP contribution < -0.4 is 9.47 Å². The van der Waals surface area contributed by atoms with Crippen molar-refractivity contribution in [1.82, 2.24) is 0 Å². The highest BCUT2D eigenvalue weighted by Gasteiger charge is 2.20. The van der Waals surface area contributed by atoms with Crippen molar-refractivity contribution in [2.24, 2.45) is 0 Å². The second-order valence-corrected chi connectivity index (χ2v) is 4.49. The Morgan fingerprint density at radius 3 is 2.40 bits per heavy atom. The molecule has 1 atom stereocenters. The van der Waals surface area contributed by atoms with Crippen molar-refractivity contribution >= 4 is 0 Å². The molecule has 0 radical (unpaired) electrons. The predicted molar refractivity (Wildman–Crippen MR) is 74.7 cm³/mol. The van der Waals surface area contributed by atoms with Crippen molar-refractivity contribution in [3.05, 3.63) is 58.9 Å². The maximum atomic E-state index is 13.2. The largest absolute Gasteiger partial charge is 0.493 e. The van der Waals surface area contributed by atoms with Crippen molar-refractivity contribution in [3.63, 3.8) is 0 Å². The minimum Gasteiger partial charge on any atom is -0.493 e. The fourth-order valence-electron chi connectivity index (χ4n) is 2.24. The van der Waals surface area contributed by atoms with Crippen LogP contribution in [0.5, 0.6) is 11.5 Å². The number of aryl methyl sites for hydroxylation is 1. The lowest BCUT2D eigenvalue weighted by molar-refractivity contribution is 0.212. The number of hydrogen-bond donors (Lipinski definition) is 1. The molecule has 0 aliphatic carbocycles. The summed E-state index contributed by atoms with van der Waals surface area (Å²) in [4.78, 5) is 0. The molecule has 0 aliphatic heterocycles. The molecule has 20 heavy (non-hydrogen) atoms. The molecule has 0 saturated heterocycles. The molecule has 1 unspecified atom stereocenters. The number of aliphatic hydroxyl groups is 1. The van der Waals surface area contributed by atoms with E-state index in [1.807, 2.05) is 0 Å². The van der Waals surface area contributed by atoms with Crippen LogP contribution in [-0.2, 0) is 0 Å². The second kappa shape index (κ2) is 5.92. The summed E-state index contributed by atoms with van der Waals surface area (Å²) in [6, 6.07) is 9.60. The molecule has 0 aromatic heterocycles. The van der Waals surface area contributed by atoms with E-state index >= 15 is 0 Å². The van der Waals surface area contributed by atoms with E-state index in [1.54, 1.807) is 31.2 Å². The Bertz CT molecular complexity index is 611. The van der Waals surface area contributed by atoms with Gasteiger partial charge in [-0.3, -0.25) is 0 Å². The minimum absolute atomic E-state index is 0.323. The van der Waals surface area contributed by atoms with Crippen LogP contribution in [0.3, 0.4) is 0 Å². The molecule has 3 nitrogen and oxygen atoms in total. The van der Waals surface area contributed by atoms with E-state index in [4.69, 9.17) is 9.47 Å². The molecule has 0 bridgehead atoms. The quantitative estimate of drug-likeness (QED) is 0.931. The molecule has 4 heteroatoms. The van der Waals surface area contributed by atoms with Crippen molar-refractivity contribution in [3.8, 4) is 11.5 Å². The Hall–Kier alpha value is -2.07. The first-order valence-corrected chi connectivity index (χ1v) is 6.23. The SMILES string of the molecule is COc1cccc(C(O)c2ccc(F)cc2C)c1OC. The van der Waals surface area contributed by atoms with Crippen LogP contribution in [0.15, 0.2) is 36.4 Å². The lowest BCUT2D eigenvalue weighted by atomic mass is 9.96. The monoisotopic (exact) mass is 276 g/mol. The van der Waals surface area contributed by atoms with Crippen LogP contribution in [0.4, 0.5) is 4.39 Å². The number of rotatable bonds is 4. The lowest BCUT2D eigenvalue weighted by Crippen LogP contribution is -2.05. The smallest absolute Gasteiger partial charge is 0.166 e. The molecule has 0 spiro atoms. The van der Waals surface area contributed by atoms with Crippen LogP contribution in [0.25, 0.3) is 0 Å². The first-order chi connectivity index (χ1) is 9.58. The maximum absolute atomic E-state index is 13.2. The van der Waals surface area contributed by atoms with Gasteiger partial charge in [0.1, 0.15) is 11.9 Å². The number of halogens is 1. The first-order valence-electron chi connectivity index (χ1n) is 6.23. The van der Waals surface area contributed by atoms with Gasteiger partial charge in [-0.15, -0.1) is 0 Å². The minimum atomic E-state index is -0.902.